The minimum Gasteiger partial charge on any atom is -0.331 e. The molecular weight excluding hydrogens is 300 g/mol. The molecule has 0 aliphatic rings. The van der Waals surface area contributed by atoms with Gasteiger partial charge in [0.25, 0.3) is 0 Å². The molecule has 2 heterocycles. The zero-order valence-corrected chi connectivity index (χ0v) is 14.5. The predicted octanol–water partition coefficient (Wildman–Crippen LogP) is 1.79. The van der Waals surface area contributed by atoms with Crippen LogP contribution in [0.5, 0.6) is 0 Å². The van der Waals surface area contributed by atoms with Gasteiger partial charge in [-0.05, 0) is 20.3 Å². The number of hydrogen-bond acceptors (Lipinski definition) is 5. The minimum atomic E-state index is -0.129. The van der Waals surface area contributed by atoms with Crippen LogP contribution in [-0.2, 0) is 26.6 Å². The van der Waals surface area contributed by atoms with Crippen molar-refractivity contribution < 1.29 is 4.79 Å². The van der Waals surface area contributed by atoms with Crippen molar-refractivity contribution in [3.63, 3.8) is 0 Å². The van der Waals surface area contributed by atoms with Crippen molar-refractivity contribution in [2.75, 3.05) is 7.05 Å². The highest BCUT2D eigenvalue weighted by atomic mass is 32.1. The molecule has 0 fully saturated rings. The third-order valence-corrected chi connectivity index (χ3v) is 4.67. The first-order chi connectivity index (χ1) is 10.4. The number of carbonyl (C=O) groups is 1. The van der Waals surface area contributed by atoms with Gasteiger partial charge < -0.3 is 10.2 Å². The summed E-state index contributed by atoms with van der Waals surface area (Å²) in [5, 5.41) is 17.2. The molecular formula is C14H22N6OS. The standard InChI is InChI=1S/C14H22N6OS/c1-6-12-16-17-13(22-12)7-15-14(21)19(4)8-11-9(2)18-20(5)10(11)3/h6-8H2,1-5H3,(H,15,21). The second kappa shape index (κ2) is 6.87. The SMILES string of the molecule is CCc1nnc(CNC(=O)N(C)Cc2c(C)nn(C)c2C)s1. The molecule has 0 saturated heterocycles. The minimum absolute atomic E-state index is 0.129. The van der Waals surface area contributed by atoms with E-state index in [1.807, 2.05) is 32.5 Å². The monoisotopic (exact) mass is 322 g/mol. The number of urea groups is 1. The average Bonchev–Trinajstić information content (AvgIpc) is 3.05. The third-order valence-electron chi connectivity index (χ3n) is 3.60. The molecule has 2 aromatic heterocycles. The Morgan fingerprint density at radius 2 is 2.00 bits per heavy atom. The summed E-state index contributed by atoms with van der Waals surface area (Å²) in [6.07, 6.45) is 0.866. The molecule has 0 aliphatic carbocycles. The van der Waals surface area contributed by atoms with Crippen LogP contribution in [0.3, 0.4) is 0 Å². The second-order valence-corrected chi connectivity index (χ2v) is 6.38. The highest BCUT2D eigenvalue weighted by Gasteiger charge is 2.15. The molecule has 22 heavy (non-hydrogen) atoms. The fraction of sp³-hybridized carbons (Fsp3) is 0.571. The van der Waals surface area contributed by atoms with E-state index in [0.717, 1.165) is 33.4 Å². The lowest BCUT2D eigenvalue weighted by Crippen LogP contribution is -2.36. The molecule has 0 unspecified atom stereocenters. The van der Waals surface area contributed by atoms with E-state index in [0.29, 0.717) is 13.1 Å². The van der Waals surface area contributed by atoms with Gasteiger partial charge in [-0.25, -0.2) is 4.79 Å². The molecule has 120 valence electrons. The lowest BCUT2D eigenvalue weighted by atomic mass is 10.2. The fourth-order valence-corrected chi connectivity index (χ4v) is 2.87. The third kappa shape index (κ3) is 3.62. The van der Waals surface area contributed by atoms with Gasteiger partial charge >= 0.3 is 6.03 Å². The number of aromatic nitrogens is 4. The summed E-state index contributed by atoms with van der Waals surface area (Å²) >= 11 is 1.53. The summed E-state index contributed by atoms with van der Waals surface area (Å²) in [6, 6.07) is -0.129. The largest absolute Gasteiger partial charge is 0.331 e. The Morgan fingerprint density at radius 1 is 1.32 bits per heavy atom. The van der Waals surface area contributed by atoms with Gasteiger partial charge in [0.05, 0.1) is 18.8 Å². The van der Waals surface area contributed by atoms with Gasteiger partial charge in [0.1, 0.15) is 10.0 Å². The van der Waals surface area contributed by atoms with E-state index in [4.69, 9.17) is 0 Å². The summed E-state index contributed by atoms with van der Waals surface area (Å²) < 4.78 is 1.84. The highest BCUT2D eigenvalue weighted by molar-refractivity contribution is 7.11. The lowest BCUT2D eigenvalue weighted by molar-refractivity contribution is 0.206. The van der Waals surface area contributed by atoms with Crippen molar-refractivity contribution in [2.45, 2.75) is 40.3 Å². The Balaban J connectivity index is 1.91. The van der Waals surface area contributed by atoms with E-state index in [9.17, 15) is 4.79 Å². The van der Waals surface area contributed by atoms with Crippen molar-refractivity contribution in [3.8, 4) is 0 Å². The quantitative estimate of drug-likeness (QED) is 0.910. The number of nitrogens with one attached hydrogen (secondary N) is 1. The van der Waals surface area contributed by atoms with E-state index in [-0.39, 0.29) is 6.03 Å². The number of hydrogen-bond donors (Lipinski definition) is 1. The van der Waals surface area contributed by atoms with Crippen LogP contribution >= 0.6 is 11.3 Å². The van der Waals surface area contributed by atoms with Gasteiger partial charge in [-0.15, -0.1) is 10.2 Å². The average molecular weight is 322 g/mol. The Labute approximate surface area is 134 Å². The number of nitrogens with zero attached hydrogens (tertiary/aromatic N) is 5. The zero-order chi connectivity index (χ0) is 16.3. The van der Waals surface area contributed by atoms with E-state index in [1.54, 1.807) is 11.9 Å². The molecule has 2 aromatic rings. The van der Waals surface area contributed by atoms with Crippen LogP contribution in [0.15, 0.2) is 0 Å². The number of carbonyl (C=O) groups excluding carboxylic acids is 1. The van der Waals surface area contributed by atoms with E-state index < -0.39 is 0 Å². The Kier molecular flexibility index (Phi) is 5.12. The van der Waals surface area contributed by atoms with Gasteiger partial charge in [0.15, 0.2) is 0 Å². The van der Waals surface area contributed by atoms with Gasteiger partial charge in [-0.1, -0.05) is 18.3 Å². The van der Waals surface area contributed by atoms with Crippen LogP contribution in [0, 0.1) is 13.8 Å². The van der Waals surface area contributed by atoms with E-state index in [2.05, 4.69) is 20.6 Å². The van der Waals surface area contributed by atoms with Gasteiger partial charge in [-0.2, -0.15) is 5.10 Å². The topological polar surface area (TPSA) is 75.9 Å². The maximum atomic E-state index is 12.2. The normalized spacial score (nSPS) is 10.8. The first-order valence-corrected chi connectivity index (χ1v) is 8.03. The van der Waals surface area contributed by atoms with Crippen molar-refractivity contribution in [2.24, 2.45) is 7.05 Å². The molecule has 2 rings (SSSR count). The maximum absolute atomic E-state index is 12.2. The summed E-state index contributed by atoms with van der Waals surface area (Å²) in [5.74, 6) is 0. The second-order valence-electron chi connectivity index (χ2n) is 5.23. The van der Waals surface area contributed by atoms with E-state index >= 15 is 0 Å². The summed E-state index contributed by atoms with van der Waals surface area (Å²) in [6.45, 7) is 6.95. The first-order valence-electron chi connectivity index (χ1n) is 7.21. The highest BCUT2D eigenvalue weighted by Crippen LogP contribution is 2.14. The number of aryl methyl sites for hydroxylation is 3. The molecule has 0 radical (unpaired) electrons. The van der Waals surface area contributed by atoms with E-state index in [1.165, 1.54) is 11.3 Å². The van der Waals surface area contributed by atoms with Gasteiger partial charge in [-0.3, -0.25) is 4.68 Å². The van der Waals surface area contributed by atoms with Crippen LogP contribution in [0.1, 0.15) is 33.9 Å². The molecule has 0 atom stereocenters. The molecule has 0 aromatic carbocycles. The lowest BCUT2D eigenvalue weighted by Gasteiger charge is -2.17. The van der Waals surface area contributed by atoms with Crippen LogP contribution in [0.2, 0.25) is 0 Å². The van der Waals surface area contributed by atoms with Crippen LogP contribution in [-0.4, -0.2) is 38.0 Å². The van der Waals surface area contributed by atoms with Crippen molar-refractivity contribution in [1.29, 1.82) is 0 Å². The van der Waals surface area contributed by atoms with Crippen LogP contribution in [0.25, 0.3) is 0 Å². The Bertz CT molecular complexity index is 662. The van der Waals surface area contributed by atoms with Crippen molar-refractivity contribution in [1.82, 2.24) is 30.2 Å². The van der Waals surface area contributed by atoms with Crippen molar-refractivity contribution >= 4 is 17.4 Å². The van der Waals surface area contributed by atoms with Crippen molar-refractivity contribution in [3.05, 3.63) is 27.0 Å². The fourth-order valence-electron chi connectivity index (χ4n) is 2.14. The molecule has 0 aliphatic heterocycles. The summed E-state index contributed by atoms with van der Waals surface area (Å²) in [7, 11) is 3.69. The van der Waals surface area contributed by atoms with Gasteiger partial charge in [0, 0.05) is 25.4 Å². The molecule has 2 amide bonds. The van der Waals surface area contributed by atoms with Gasteiger partial charge in [0.2, 0.25) is 0 Å². The first kappa shape index (κ1) is 16.4. The van der Waals surface area contributed by atoms with Crippen LogP contribution in [0.4, 0.5) is 4.79 Å². The maximum Gasteiger partial charge on any atom is 0.317 e. The molecule has 0 saturated carbocycles. The molecule has 8 heteroatoms. The van der Waals surface area contributed by atoms with Crippen LogP contribution < -0.4 is 5.32 Å². The Hall–Kier alpha value is -1.96. The molecule has 0 bridgehead atoms. The molecule has 1 N–H and O–H groups in total. The predicted molar refractivity (Wildman–Crippen MR) is 85.7 cm³/mol. The molecule has 0 spiro atoms. The smallest absolute Gasteiger partial charge is 0.317 e. The number of rotatable bonds is 5. The summed E-state index contributed by atoms with van der Waals surface area (Å²) in [4.78, 5) is 13.8. The zero-order valence-electron chi connectivity index (χ0n) is 13.7. The number of amides is 2. The summed E-state index contributed by atoms with van der Waals surface area (Å²) in [5.41, 5.74) is 3.12. The Morgan fingerprint density at radius 3 is 2.55 bits per heavy atom. The molecule has 7 nitrogen and oxygen atoms in total.